The van der Waals surface area contributed by atoms with Gasteiger partial charge in [-0.3, -0.25) is 9.36 Å². The van der Waals surface area contributed by atoms with Crippen molar-refractivity contribution in [3.8, 4) is 0 Å². The molecule has 0 atom stereocenters. The molecule has 0 unspecified atom stereocenters. The van der Waals surface area contributed by atoms with Gasteiger partial charge in [0.1, 0.15) is 12.4 Å². The number of aliphatic hydroxyl groups excluding tert-OH is 1. The number of likely N-dealkylation sites (N-methyl/N-ethyl adjacent to an activating group) is 1. The maximum absolute atomic E-state index is 12.9. The normalized spacial score (nSPS) is 11.5. The first-order chi connectivity index (χ1) is 14.8. The average molecular weight is 484 g/mol. The number of nitrogens with zero attached hydrogens (tertiary/aromatic N) is 4. The Kier molecular flexibility index (Phi) is 5.98. The van der Waals surface area contributed by atoms with Gasteiger partial charge >= 0.3 is 5.76 Å². The van der Waals surface area contributed by atoms with Gasteiger partial charge in [0.05, 0.1) is 39.7 Å². The number of aromatic nitrogens is 3. The number of oxazole rings is 1. The molecule has 162 valence electrons. The fourth-order valence-electron chi connectivity index (χ4n) is 3.38. The van der Waals surface area contributed by atoms with Crippen LogP contribution in [0, 0.1) is 0 Å². The van der Waals surface area contributed by atoms with Crippen LogP contribution in [-0.4, -0.2) is 43.7 Å². The quantitative estimate of drug-likeness (QED) is 0.453. The maximum Gasteiger partial charge on any atom is 0.420 e. The lowest BCUT2D eigenvalue weighted by atomic mass is 10.3. The first-order valence-corrected chi connectivity index (χ1v) is 10.4. The van der Waals surface area contributed by atoms with Crippen LogP contribution in [0.25, 0.3) is 22.1 Å². The summed E-state index contributed by atoms with van der Waals surface area (Å²) in [6.45, 7) is 0.0816. The van der Waals surface area contributed by atoms with E-state index in [1.54, 1.807) is 41.9 Å². The molecule has 0 radical (unpaired) electrons. The zero-order valence-electron chi connectivity index (χ0n) is 16.3. The van der Waals surface area contributed by atoms with Gasteiger partial charge in [0.25, 0.3) is 0 Å². The first-order valence-electron chi connectivity index (χ1n) is 9.26. The Morgan fingerprint density at radius 2 is 1.87 bits per heavy atom. The Labute approximate surface area is 191 Å². The SMILES string of the molecule is CN(Cc1nc2cc(Cl)c(Cl)cc2n1CCO)C(=O)Cn1c(=O)oc2ccc(Cl)cc21. The molecule has 0 saturated heterocycles. The lowest BCUT2D eigenvalue weighted by Crippen LogP contribution is -2.33. The van der Waals surface area contributed by atoms with E-state index in [9.17, 15) is 14.7 Å². The van der Waals surface area contributed by atoms with Crippen molar-refractivity contribution in [3.05, 3.63) is 61.8 Å². The maximum atomic E-state index is 12.9. The largest absolute Gasteiger partial charge is 0.420 e. The molecule has 31 heavy (non-hydrogen) atoms. The number of carbonyl (C=O) groups excluding carboxylic acids is 1. The van der Waals surface area contributed by atoms with E-state index >= 15 is 0 Å². The number of hydrogen-bond donors (Lipinski definition) is 1. The van der Waals surface area contributed by atoms with Gasteiger partial charge in [-0.25, -0.2) is 9.78 Å². The number of carbonyl (C=O) groups is 1. The number of rotatable bonds is 6. The smallest absolute Gasteiger partial charge is 0.408 e. The van der Waals surface area contributed by atoms with Crippen molar-refractivity contribution in [2.24, 2.45) is 0 Å². The van der Waals surface area contributed by atoms with Gasteiger partial charge in [-0.05, 0) is 30.3 Å². The van der Waals surface area contributed by atoms with E-state index in [0.29, 0.717) is 43.0 Å². The highest BCUT2D eigenvalue weighted by molar-refractivity contribution is 6.42. The van der Waals surface area contributed by atoms with Crippen LogP contribution in [0.3, 0.4) is 0 Å². The van der Waals surface area contributed by atoms with E-state index in [1.807, 2.05) is 0 Å². The number of fused-ring (bicyclic) bond motifs is 2. The average Bonchev–Trinajstić information content (AvgIpc) is 3.19. The summed E-state index contributed by atoms with van der Waals surface area (Å²) >= 11 is 18.2. The van der Waals surface area contributed by atoms with Crippen molar-refractivity contribution in [1.29, 1.82) is 0 Å². The number of imidazole rings is 1. The molecule has 8 nitrogen and oxygen atoms in total. The Morgan fingerprint density at radius 1 is 1.13 bits per heavy atom. The molecule has 11 heteroatoms. The third-order valence-corrected chi connectivity index (χ3v) is 5.88. The highest BCUT2D eigenvalue weighted by atomic mass is 35.5. The van der Waals surface area contributed by atoms with Crippen molar-refractivity contribution in [3.63, 3.8) is 0 Å². The van der Waals surface area contributed by atoms with Gasteiger partial charge < -0.3 is 19.0 Å². The molecule has 4 aromatic rings. The van der Waals surface area contributed by atoms with Crippen LogP contribution in [0.15, 0.2) is 39.5 Å². The van der Waals surface area contributed by atoms with Crippen LogP contribution in [-0.2, 0) is 24.4 Å². The van der Waals surface area contributed by atoms with E-state index in [2.05, 4.69) is 4.98 Å². The molecule has 0 bridgehead atoms. The summed E-state index contributed by atoms with van der Waals surface area (Å²) in [6.07, 6.45) is 0. The van der Waals surface area contributed by atoms with E-state index < -0.39 is 5.76 Å². The van der Waals surface area contributed by atoms with Crippen LogP contribution >= 0.6 is 34.8 Å². The number of halogens is 3. The molecule has 1 amide bonds. The third kappa shape index (κ3) is 4.16. The fourth-order valence-corrected chi connectivity index (χ4v) is 3.86. The topological polar surface area (TPSA) is 93.5 Å². The predicted molar refractivity (Wildman–Crippen MR) is 119 cm³/mol. The number of hydrogen-bond acceptors (Lipinski definition) is 5. The second-order valence-corrected chi connectivity index (χ2v) is 8.23. The minimum absolute atomic E-state index is 0.118. The number of amides is 1. The summed E-state index contributed by atoms with van der Waals surface area (Å²) < 4.78 is 8.19. The third-order valence-electron chi connectivity index (χ3n) is 4.92. The summed E-state index contributed by atoms with van der Waals surface area (Å²) in [4.78, 5) is 31.0. The van der Waals surface area contributed by atoms with Crippen LogP contribution in [0.1, 0.15) is 5.82 Å². The molecule has 0 aliphatic heterocycles. The van der Waals surface area contributed by atoms with Crippen molar-refractivity contribution >= 4 is 62.8 Å². The molecule has 0 aliphatic rings. The number of benzene rings is 2. The minimum atomic E-state index is -0.643. The molecule has 4 rings (SSSR count). The molecule has 0 aliphatic carbocycles. The lowest BCUT2D eigenvalue weighted by Gasteiger charge is -2.18. The van der Waals surface area contributed by atoms with Gasteiger partial charge in [0.2, 0.25) is 5.91 Å². The van der Waals surface area contributed by atoms with Gasteiger partial charge in [-0.1, -0.05) is 34.8 Å². The Bertz CT molecular complexity index is 1360. The summed E-state index contributed by atoms with van der Waals surface area (Å²) in [5.74, 6) is -0.426. The van der Waals surface area contributed by atoms with E-state index in [1.165, 1.54) is 9.47 Å². The second kappa shape index (κ2) is 8.55. The van der Waals surface area contributed by atoms with Gasteiger partial charge in [-0.2, -0.15) is 0 Å². The van der Waals surface area contributed by atoms with Gasteiger partial charge in [0.15, 0.2) is 5.58 Å². The van der Waals surface area contributed by atoms with Crippen molar-refractivity contribution < 1.29 is 14.3 Å². The minimum Gasteiger partial charge on any atom is -0.408 e. The predicted octanol–water partition coefficient (Wildman–Crippen LogP) is 3.56. The van der Waals surface area contributed by atoms with E-state index in [-0.39, 0.29) is 32.1 Å². The monoisotopic (exact) mass is 482 g/mol. The van der Waals surface area contributed by atoms with Crippen LogP contribution in [0.4, 0.5) is 0 Å². The highest BCUT2D eigenvalue weighted by Gasteiger charge is 2.19. The summed E-state index contributed by atoms with van der Waals surface area (Å²) in [7, 11) is 1.60. The Morgan fingerprint density at radius 3 is 2.61 bits per heavy atom. The fraction of sp³-hybridized carbons (Fsp3) is 0.250. The first kappa shape index (κ1) is 21.7. The summed E-state index contributed by atoms with van der Waals surface area (Å²) in [5, 5.41) is 10.6. The van der Waals surface area contributed by atoms with Crippen LogP contribution < -0.4 is 5.76 Å². The summed E-state index contributed by atoms with van der Waals surface area (Å²) in [6, 6.07) is 8.07. The van der Waals surface area contributed by atoms with Crippen molar-refractivity contribution in [2.45, 2.75) is 19.6 Å². The number of aliphatic hydroxyl groups is 1. The zero-order valence-corrected chi connectivity index (χ0v) is 18.6. The molecule has 2 aromatic heterocycles. The molecule has 0 spiro atoms. The molecule has 2 aromatic carbocycles. The van der Waals surface area contributed by atoms with Gasteiger partial charge in [0, 0.05) is 18.6 Å². The molecular formula is C20H17Cl3N4O4. The van der Waals surface area contributed by atoms with E-state index in [0.717, 1.165) is 0 Å². The molecular weight excluding hydrogens is 467 g/mol. The van der Waals surface area contributed by atoms with Crippen molar-refractivity contribution in [2.75, 3.05) is 13.7 Å². The Balaban J connectivity index is 1.62. The second-order valence-electron chi connectivity index (χ2n) is 6.97. The van der Waals surface area contributed by atoms with Crippen LogP contribution in [0.2, 0.25) is 15.1 Å². The zero-order chi connectivity index (χ0) is 22.3. The molecule has 1 N–H and O–H groups in total. The lowest BCUT2D eigenvalue weighted by molar-refractivity contribution is -0.131. The van der Waals surface area contributed by atoms with E-state index in [4.69, 9.17) is 39.2 Å². The highest BCUT2D eigenvalue weighted by Crippen LogP contribution is 2.28. The van der Waals surface area contributed by atoms with Crippen molar-refractivity contribution in [1.82, 2.24) is 19.0 Å². The Hall–Kier alpha value is -2.52. The molecule has 0 fully saturated rings. The summed E-state index contributed by atoms with van der Waals surface area (Å²) in [5.41, 5.74) is 2.09. The molecule has 0 saturated carbocycles. The standard InChI is InChI=1S/C20H17Cl3N4O4/c1-25(19(29)10-27-16-6-11(21)2-3-17(16)31-20(27)30)9-18-24-14-7-12(22)13(23)8-15(14)26(18)4-5-28/h2-3,6-8,28H,4-5,9-10H2,1H3. The van der Waals surface area contributed by atoms with Crippen LogP contribution in [0.5, 0.6) is 0 Å². The van der Waals surface area contributed by atoms with Gasteiger partial charge in [-0.15, -0.1) is 0 Å². The molecule has 2 heterocycles.